The molecule has 76 valence electrons. The molecule has 1 aromatic rings. The third kappa shape index (κ3) is 2.20. The van der Waals surface area contributed by atoms with Crippen molar-refractivity contribution in [1.82, 2.24) is 0 Å². The largest absolute Gasteiger partial charge is 0.478 e. The van der Waals surface area contributed by atoms with Crippen LogP contribution in [0.5, 0.6) is 0 Å². The lowest BCUT2D eigenvalue weighted by Gasteiger charge is -2.08. The quantitative estimate of drug-likeness (QED) is 0.674. The summed E-state index contributed by atoms with van der Waals surface area (Å²) in [6, 6.07) is 3.93. The highest BCUT2D eigenvalue weighted by Gasteiger charge is 2.14. The van der Waals surface area contributed by atoms with E-state index in [0.717, 1.165) is 6.07 Å². The molecule has 0 radical (unpaired) electrons. The van der Waals surface area contributed by atoms with Gasteiger partial charge in [0.05, 0.1) is 12.3 Å². The Morgan fingerprint density at radius 3 is 2.79 bits per heavy atom. The van der Waals surface area contributed by atoms with Crippen LogP contribution in [0.25, 0.3) is 0 Å². The van der Waals surface area contributed by atoms with Crippen molar-refractivity contribution >= 4 is 11.7 Å². The van der Waals surface area contributed by atoms with Gasteiger partial charge in [-0.3, -0.25) is 0 Å². The number of hydrogen-bond acceptors (Lipinski definition) is 3. The number of nitrogens with one attached hydrogen (secondary N) is 1. The second-order valence-electron chi connectivity index (χ2n) is 2.62. The summed E-state index contributed by atoms with van der Waals surface area (Å²) in [6.07, 6.45) is 0. The molecule has 4 nitrogen and oxygen atoms in total. The fourth-order valence-electron chi connectivity index (χ4n) is 1.08. The van der Waals surface area contributed by atoms with E-state index < -0.39 is 17.3 Å². The Kier molecular flexibility index (Phi) is 3.41. The lowest BCUT2D eigenvalue weighted by Crippen LogP contribution is -2.11. The van der Waals surface area contributed by atoms with E-state index in [1.165, 1.54) is 12.1 Å². The number of hydrogen-bond donors (Lipinski definition) is 3. The molecule has 0 bridgehead atoms. The first kappa shape index (κ1) is 10.5. The van der Waals surface area contributed by atoms with E-state index in [9.17, 15) is 9.18 Å². The van der Waals surface area contributed by atoms with Crippen LogP contribution >= 0.6 is 0 Å². The highest BCUT2D eigenvalue weighted by Crippen LogP contribution is 2.18. The fraction of sp³-hybridized carbons (Fsp3) is 0.222. The molecule has 0 saturated heterocycles. The van der Waals surface area contributed by atoms with Crippen molar-refractivity contribution in [3.63, 3.8) is 0 Å². The van der Waals surface area contributed by atoms with Gasteiger partial charge < -0.3 is 15.5 Å². The summed E-state index contributed by atoms with van der Waals surface area (Å²) >= 11 is 0. The van der Waals surface area contributed by atoms with E-state index >= 15 is 0 Å². The number of carboxylic acid groups (broad SMARTS) is 1. The van der Waals surface area contributed by atoms with Gasteiger partial charge in [-0.1, -0.05) is 6.07 Å². The van der Waals surface area contributed by atoms with Gasteiger partial charge in [-0.05, 0) is 12.1 Å². The minimum Gasteiger partial charge on any atom is -0.478 e. The standard InChI is InChI=1S/C9H10FNO3/c10-6-2-1-3-7(11-4-5-12)8(6)9(13)14/h1-3,11-12H,4-5H2,(H,13,14). The molecule has 0 atom stereocenters. The van der Waals surface area contributed by atoms with Crippen molar-refractivity contribution in [3.05, 3.63) is 29.6 Å². The molecule has 0 amide bonds. The van der Waals surface area contributed by atoms with Crippen LogP contribution in [-0.2, 0) is 0 Å². The normalized spacial score (nSPS) is 9.86. The first-order chi connectivity index (χ1) is 6.66. The number of halogens is 1. The summed E-state index contributed by atoms with van der Waals surface area (Å²) in [7, 11) is 0. The lowest BCUT2D eigenvalue weighted by molar-refractivity contribution is 0.0693. The van der Waals surface area contributed by atoms with E-state index in [2.05, 4.69) is 5.32 Å². The Bertz CT molecular complexity index is 341. The van der Waals surface area contributed by atoms with Crippen LogP contribution < -0.4 is 5.32 Å². The Balaban J connectivity index is 3.02. The van der Waals surface area contributed by atoms with Crippen LogP contribution in [-0.4, -0.2) is 29.3 Å². The summed E-state index contributed by atoms with van der Waals surface area (Å²) < 4.78 is 13.0. The van der Waals surface area contributed by atoms with E-state index in [1.54, 1.807) is 0 Å². The maximum absolute atomic E-state index is 13.0. The van der Waals surface area contributed by atoms with Crippen molar-refractivity contribution in [2.24, 2.45) is 0 Å². The van der Waals surface area contributed by atoms with Crippen molar-refractivity contribution in [3.8, 4) is 0 Å². The number of anilines is 1. The summed E-state index contributed by atoms with van der Waals surface area (Å²) in [5.41, 5.74) is -0.229. The van der Waals surface area contributed by atoms with Gasteiger partial charge in [0, 0.05) is 6.54 Å². The third-order valence-corrected chi connectivity index (χ3v) is 1.65. The number of aromatic carboxylic acids is 1. The highest BCUT2D eigenvalue weighted by atomic mass is 19.1. The van der Waals surface area contributed by atoms with Crippen molar-refractivity contribution in [2.75, 3.05) is 18.5 Å². The van der Waals surface area contributed by atoms with E-state index in [1.807, 2.05) is 0 Å². The maximum Gasteiger partial charge on any atom is 0.340 e. The molecule has 5 heteroatoms. The maximum atomic E-state index is 13.0. The summed E-state index contributed by atoms with van der Waals surface area (Å²) in [5.74, 6) is -2.12. The zero-order valence-corrected chi connectivity index (χ0v) is 7.33. The Labute approximate surface area is 80.0 Å². The molecule has 0 aliphatic heterocycles. The van der Waals surface area contributed by atoms with Crippen molar-refractivity contribution in [1.29, 1.82) is 0 Å². The second-order valence-corrected chi connectivity index (χ2v) is 2.62. The van der Waals surface area contributed by atoms with Gasteiger partial charge in [-0.15, -0.1) is 0 Å². The number of benzene rings is 1. The zero-order chi connectivity index (χ0) is 10.6. The number of aliphatic hydroxyl groups excluding tert-OH is 1. The van der Waals surface area contributed by atoms with Gasteiger partial charge in [0.25, 0.3) is 0 Å². The van der Waals surface area contributed by atoms with Gasteiger partial charge in [0.2, 0.25) is 0 Å². The average molecular weight is 199 g/mol. The molecule has 14 heavy (non-hydrogen) atoms. The highest BCUT2D eigenvalue weighted by molar-refractivity contribution is 5.94. The molecule has 0 unspecified atom stereocenters. The van der Waals surface area contributed by atoms with Crippen molar-refractivity contribution < 1.29 is 19.4 Å². The lowest BCUT2D eigenvalue weighted by atomic mass is 10.1. The smallest absolute Gasteiger partial charge is 0.340 e. The molecule has 1 aromatic carbocycles. The molecule has 3 N–H and O–H groups in total. The number of rotatable bonds is 4. The topological polar surface area (TPSA) is 69.6 Å². The number of carboxylic acids is 1. The van der Waals surface area contributed by atoms with Gasteiger partial charge in [-0.25, -0.2) is 9.18 Å². The molecular weight excluding hydrogens is 189 g/mol. The average Bonchev–Trinajstić information content (AvgIpc) is 2.14. The first-order valence-electron chi connectivity index (χ1n) is 4.03. The van der Waals surface area contributed by atoms with Crippen LogP contribution in [0.1, 0.15) is 10.4 Å². The van der Waals surface area contributed by atoms with Gasteiger partial charge in [-0.2, -0.15) is 0 Å². The SMILES string of the molecule is O=C(O)c1c(F)cccc1NCCO. The molecule has 0 heterocycles. The van der Waals surface area contributed by atoms with Gasteiger partial charge in [0.1, 0.15) is 11.4 Å². The molecular formula is C9H10FNO3. The summed E-state index contributed by atoms with van der Waals surface area (Å²) in [6.45, 7) is 0.0410. The Hall–Kier alpha value is -1.62. The molecule has 0 spiro atoms. The molecule has 0 fully saturated rings. The third-order valence-electron chi connectivity index (χ3n) is 1.65. The second kappa shape index (κ2) is 4.57. The monoisotopic (exact) mass is 199 g/mol. The first-order valence-corrected chi connectivity index (χ1v) is 4.03. The molecule has 1 rings (SSSR count). The minimum absolute atomic E-state index is 0.143. The zero-order valence-electron chi connectivity index (χ0n) is 7.33. The van der Waals surface area contributed by atoms with Crippen LogP contribution in [0.15, 0.2) is 18.2 Å². The van der Waals surface area contributed by atoms with E-state index in [0.29, 0.717) is 0 Å². The molecule has 0 aromatic heterocycles. The predicted octanol–water partition coefficient (Wildman–Crippen LogP) is 0.928. The summed E-state index contributed by atoms with van der Waals surface area (Å²) in [5, 5.41) is 19.8. The Morgan fingerprint density at radius 2 is 2.21 bits per heavy atom. The number of carbonyl (C=O) groups is 1. The van der Waals surface area contributed by atoms with Crippen LogP contribution in [0.3, 0.4) is 0 Å². The van der Waals surface area contributed by atoms with Crippen molar-refractivity contribution in [2.45, 2.75) is 0 Å². The number of aliphatic hydroxyl groups is 1. The van der Waals surface area contributed by atoms with Gasteiger partial charge in [0.15, 0.2) is 0 Å². The summed E-state index contributed by atoms with van der Waals surface area (Å²) in [4.78, 5) is 10.7. The molecule has 0 aliphatic rings. The van der Waals surface area contributed by atoms with E-state index in [-0.39, 0.29) is 18.8 Å². The molecule has 0 saturated carbocycles. The van der Waals surface area contributed by atoms with Crippen LogP contribution in [0, 0.1) is 5.82 Å². The fourth-order valence-corrected chi connectivity index (χ4v) is 1.08. The van der Waals surface area contributed by atoms with E-state index in [4.69, 9.17) is 10.2 Å². The minimum atomic E-state index is -1.33. The predicted molar refractivity (Wildman–Crippen MR) is 48.9 cm³/mol. The molecule has 0 aliphatic carbocycles. The van der Waals surface area contributed by atoms with Crippen LogP contribution in [0.4, 0.5) is 10.1 Å². The van der Waals surface area contributed by atoms with Gasteiger partial charge >= 0.3 is 5.97 Å². The van der Waals surface area contributed by atoms with Crippen LogP contribution in [0.2, 0.25) is 0 Å². The Morgan fingerprint density at radius 1 is 1.50 bits per heavy atom.